The van der Waals surface area contributed by atoms with Crippen molar-refractivity contribution in [1.29, 1.82) is 0 Å². The van der Waals surface area contributed by atoms with Gasteiger partial charge in [-0.1, -0.05) is 0 Å². The number of nitrogen functional groups attached to an aromatic ring is 1. The van der Waals surface area contributed by atoms with Crippen molar-refractivity contribution in [2.45, 2.75) is 13.8 Å². The summed E-state index contributed by atoms with van der Waals surface area (Å²) in [6, 6.07) is 1.50. The summed E-state index contributed by atoms with van der Waals surface area (Å²) in [4.78, 5) is 22.3. The van der Waals surface area contributed by atoms with Gasteiger partial charge in [0.2, 0.25) is 0 Å². The molecule has 0 saturated heterocycles. The SMILES string of the molecule is CCOC(=O)C(=O)n1nc(C)cc1N. The number of hydrogen-bond donors (Lipinski definition) is 1. The second-order valence-electron chi connectivity index (χ2n) is 2.65. The number of rotatable bonds is 1. The Labute approximate surface area is 80.6 Å². The van der Waals surface area contributed by atoms with E-state index in [-0.39, 0.29) is 12.4 Å². The number of carbonyl (C=O) groups is 2. The molecular formula is C8H11N3O3. The Morgan fingerprint density at radius 1 is 1.64 bits per heavy atom. The molecule has 6 nitrogen and oxygen atoms in total. The maximum atomic E-state index is 11.3. The maximum absolute atomic E-state index is 11.3. The van der Waals surface area contributed by atoms with Gasteiger partial charge in [0.1, 0.15) is 5.82 Å². The smallest absolute Gasteiger partial charge is 0.399 e. The van der Waals surface area contributed by atoms with Crippen molar-refractivity contribution in [2.75, 3.05) is 12.3 Å². The molecule has 0 bridgehead atoms. The van der Waals surface area contributed by atoms with Gasteiger partial charge in [-0.15, -0.1) is 0 Å². The van der Waals surface area contributed by atoms with E-state index < -0.39 is 11.9 Å². The number of aromatic nitrogens is 2. The molecule has 0 radical (unpaired) electrons. The Kier molecular flexibility index (Phi) is 2.85. The molecular weight excluding hydrogens is 186 g/mol. The molecule has 1 rings (SSSR count). The van der Waals surface area contributed by atoms with Crippen LogP contribution in [0.15, 0.2) is 6.07 Å². The first-order valence-electron chi connectivity index (χ1n) is 4.10. The molecule has 0 fully saturated rings. The second kappa shape index (κ2) is 3.91. The highest BCUT2D eigenvalue weighted by molar-refractivity contribution is 6.33. The molecule has 76 valence electrons. The van der Waals surface area contributed by atoms with E-state index in [0.717, 1.165) is 4.68 Å². The van der Waals surface area contributed by atoms with Crippen LogP contribution in [-0.2, 0) is 9.53 Å². The zero-order valence-corrected chi connectivity index (χ0v) is 7.98. The number of esters is 1. The third-order valence-electron chi connectivity index (χ3n) is 1.50. The van der Waals surface area contributed by atoms with Crippen LogP contribution in [0, 0.1) is 6.92 Å². The van der Waals surface area contributed by atoms with Crippen LogP contribution in [0.4, 0.5) is 5.82 Å². The summed E-state index contributed by atoms with van der Waals surface area (Å²) in [6.07, 6.45) is 0. The highest BCUT2D eigenvalue weighted by atomic mass is 16.5. The second-order valence-corrected chi connectivity index (χ2v) is 2.65. The lowest BCUT2D eigenvalue weighted by molar-refractivity contribution is -0.138. The number of nitrogens with two attached hydrogens (primary N) is 1. The van der Waals surface area contributed by atoms with Crippen molar-refractivity contribution in [2.24, 2.45) is 0 Å². The van der Waals surface area contributed by atoms with Crippen LogP contribution in [0.1, 0.15) is 17.4 Å². The van der Waals surface area contributed by atoms with Crippen LogP contribution in [0.25, 0.3) is 0 Å². The van der Waals surface area contributed by atoms with Gasteiger partial charge in [0.05, 0.1) is 12.3 Å². The normalized spacial score (nSPS) is 9.86. The standard InChI is InChI=1S/C8H11N3O3/c1-3-14-8(13)7(12)11-6(9)4-5(2)10-11/h4H,3,9H2,1-2H3. The summed E-state index contributed by atoms with van der Waals surface area (Å²) >= 11 is 0. The number of hydrogen-bond acceptors (Lipinski definition) is 5. The Balaban J connectivity index is 2.89. The van der Waals surface area contributed by atoms with Crippen molar-refractivity contribution in [3.8, 4) is 0 Å². The van der Waals surface area contributed by atoms with Gasteiger partial charge in [-0.25, -0.2) is 4.79 Å². The van der Waals surface area contributed by atoms with E-state index in [9.17, 15) is 9.59 Å². The molecule has 1 aromatic rings. The number of ether oxygens (including phenoxy) is 1. The molecule has 0 atom stereocenters. The van der Waals surface area contributed by atoms with Gasteiger partial charge in [0.25, 0.3) is 0 Å². The average molecular weight is 197 g/mol. The quantitative estimate of drug-likeness (QED) is 0.505. The van der Waals surface area contributed by atoms with Crippen LogP contribution in [0.5, 0.6) is 0 Å². The van der Waals surface area contributed by atoms with Gasteiger partial charge in [0, 0.05) is 6.07 Å². The predicted octanol–water partition coefficient (Wildman–Crippen LogP) is -0.0230. The van der Waals surface area contributed by atoms with Crippen molar-refractivity contribution in [1.82, 2.24) is 9.78 Å². The van der Waals surface area contributed by atoms with Crippen LogP contribution in [0.2, 0.25) is 0 Å². The molecule has 6 heteroatoms. The maximum Gasteiger partial charge on any atom is 0.399 e. The van der Waals surface area contributed by atoms with E-state index in [0.29, 0.717) is 5.69 Å². The van der Waals surface area contributed by atoms with Gasteiger partial charge in [-0.05, 0) is 13.8 Å². The van der Waals surface area contributed by atoms with E-state index in [4.69, 9.17) is 5.73 Å². The first-order chi connectivity index (χ1) is 6.56. The highest BCUT2D eigenvalue weighted by Crippen LogP contribution is 2.04. The molecule has 0 aliphatic heterocycles. The molecule has 0 aliphatic carbocycles. The summed E-state index contributed by atoms with van der Waals surface area (Å²) in [5, 5.41) is 3.75. The minimum absolute atomic E-state index is 0.126. The fraction of sp³-hybridized carbons (Fsp3) is 0.375. The minimum atomic E-state index is -0.956. The first-order valence-corrected chi connectivity index (χ1v) is 4.10. The first kappa shape index (κ1) is 10.2. The third kappa shape index (κ3) is 1.90. The largest absolute Gasteiger partial charge is 0.459 e. The Morgan fingerprint density at radius 3 is 2.71 bits per heavy atom. The lowest BCUT2D eigenvalue weighted by Crippen LogP contribution is -2.26. The van der Waals surface area contributed by atoms with E-state index in [1.807, 2.05) is 0 Å². The number of aryl methyl sites for hydroxylation is 1. The van der Waals surface area contributed by atoms with Crippen LogP contribution >= 0.6 is 0 Å². The summed E-state index contributed by atoms with van der Waals surface area (Å²) in [5.74, 6) is -1.71. The van der Waals surface area contributed by atoms with E-state index >= 15 is 0 Å². The molecule has 0 aliphatic rings. The summed E-state index contributed by atoms with van der Waals surface area (Å²) in [5.41, 5.74) is 6.02. The van der Waals surface area contributed by atoms with Crippen LogP contribution < -0.4 is 5.73 Å². The number of nitrogens with zero attached hydrogens (tertiary/aromatic N) is 2. The molecule has 0 saturated carbocycles. The van der Waals surface area contributed by atoms with Crippen molar-refractivity contribution >= 4 is 17.7 Å². The molecule has 0 amide bonds. The van der Waals surface area contributed by atoms with E-state index in [1.54, 1.807) is 13.8 Å². The van der Waals surface area contributed by atoms with Gasteiger partial charge in [0.15, 0.2) is 0 Å². The molecule has 0 spiro atoms. The minimum Gasteiger partial charge on any atom is -0.459 e. The zero-order chi connectivity index (χ0) is 10.7. The number of anilines is 1. The summed E-state index contributed by atoms with van der Waals surface area (Å²) in [7, 11) is 0. The lowest BCUT2D eigenvalue weighted by atomic mass is 10.5. The van der Waals surface area contributed by atoms with Crippen LogP contribution in [-0.4, -0.2) is 28.3 Å². The van der Waals surface area contributed by atoms with Crippen LogP contribution in [0.3, 0.4) is 0 Å². The monoisotopic (exact) mass is 197 g/mol. The van der Waals surface area contributed by atoms with Crippen molar-refractivity contribution in [3.05, 3.63) is 11.8 Å². The Bertz CT molecular complexity index is 370. The fourth-order valence-corrected chi connectivity index (χ4v) is 0.961. The average Bonchev–Trinajstić information content (AvgIpc) is 2.44. The zero-order valence-electron chi connectivity index (χ0n) is 7.98. The lowest BCUT2D eigenvalue weighted by Gasteiger charge is -2.01. The predicted molar refractivity (Wildman–Crippen MR) is 48.6 cm³/mol. The van der Waals surface area contributed by atoms with Gasteiger partial charge in [-0.3, -0.25) is 4.79 Å². The Hall–Kier alpha value is -1.85. The van der Waals surface area contributed by atoms with Crippen molar-refractivity contribution < 1.29 is 14.3 Å². The highest BCUT2D eigenvalue weighted by Gasteiger charge is 2.20. The van der Waals surface area contributed by atoms with Gasteiger partial charge < -0.3 is 10.5 Å². The topological polar surface area (TPSA) is 87.2 Å². The summed E-state index contributed by atoms with van der Waals surface area (Å²) in [6.45, 7) is 3.43. The van der Waals surface area contributed by atoms with Crippen molar-refractivity contribution in [3.63, 3.8) is 0 Å². The van der Waals surface area contributed by atoms with Gasteiger partial charge in [-0.2, -0.15) is 9.78 Å². The molecule has 2 N–H and O–H groups in total. The Morgan fingerprint density at radius 2 is 2.29 bits per heavy atom. The van der Waals surface area contributed by atoms with Gasteiger partial charge >= 0.3 is 11.9 Å². The summed E-state index contributed by atoms with van der Waals surface area (Å²) < 4.78 is 5.34. The molecule has 0 unspecified atom stereocenters. The third-order valence-corrected chi connectivity index (χ3v) is 1.50. The number of carbonyl (C=O) groups excluding carboxylic acids is 2. The fourth-order valence-electron chi connectivity index (χ4n) is 0.961. The molecule has 1 aromatic heterocycles. The molecule has 0 aromatic carbocycles. The molecule has 1 heterocycles. The van der Waals surface area contributed by atoms with E-state index in [2.05, 4.69) is 9.84 Å². The van der Waals surface area contributed by atoms with E-state index in [1.165, 1.54) is 6.07 Å². The molecule has 14 heavy (non-hydrogen) atoms.